The first-order valence-electron chi connectivity index (χ1n) is 6.77. The second kappa shape index (κ2) is 5.89. The second-order valence-electron chi connectivity index (χ2n) is 5.41. The molecule has 0 aromatic heterocycles. The summed E-state index contributed by atoms with van der Waals surface area (Å²) in [5, 5.41) is 0. The fourth-order valence-electron chi connectivity index (χ4n) is 2.51. The molecule has 0 spiro atoms. The molecule has 3 heteroatoms. The molecule has 3 nitrogen and oxygen atoms in total. The number of hydrogen-bond donors (Lipinski definition) is 1. The van der Waals surface area contributed by atoms with Crippen molar-refractivity contribution in [3.63, 3.8) is 0 Å². The molecule has 1 aliphatic rings. The summed E-state index contributed by atoms with van der Waals surface area (Å²) < 4.78 is 0. The summed E-state index contributed by atoms with van der Waals surface area (Å²) in [7, 11) is 0. The molecule has 1 atom stereocenters. The summed E-state index contributed by atoms with van der Waals surface area (Å²) in [6, 6.07) is 11.1. The zero-order valence-electron chi connectivity index (χ0n) is 11.3. The van der Waals surface area contributed by atoms with E-state index in [0.717, 1.165) is 25.5 Å². The van der Waals surface area contributed by atoms with Gasteiger partial charge in [-0.25, -0.2) is 0 Å². The first-order valence-corrected chi connectivity index (χ1v) is 6.77. The van der Waals surface area contributed by atoms with Gasteiger partial charge in [-0.15, -0.1) is 0 Å². The molecule has 2 rings (SSSR count). The van der Waals surface area contributed by atoms with Crippen LogP contribution in [0.1, 0.15) is 25.8 Å². The Morgan fingerprint density at radius 1 is 1.33 bits per heavy atom. The molecule has 0 saturated carbocycles. The van der Waals surface area contributed by atoms with Crippen LogP contribution in [-0.2, 0) is 6.42 Å². The van der Waals surface area contributed by atoms with Gasteiger partial charge < -0.3 is 10.6 Å². The Labute approximate surface area is 110 Å². The quantitative estimate of drug-likeness (QED) is 0.864. The van der Waals surface area contributed by atoms with Crippen LogP contribution in [-0.4, -0.2) is 30.0 Å². The van der Waals surface area contributed by atoms with Crippen molar-refractivity contribution in [1.29, 1.82) is 0 Å². The molecule has 1 unspecified atom stereocenters. The third kappa shape index (κ3) is 3.25. The number of benzene rings is 1. The molecule has 1 aromatic rings. The third-order valence-corrected chi connectivity index (χ3v) is 3.43. The fourth-order valence-corrected chi connectivity index (χ4v) is 2.51. The molecule has 0 saturated heterocycles. The van der Waals surface area contributed by atoms with E-state index in [1.165, 1.54) is 12.0 Å². The van der Waals surface area contributed by atoms with Gasteiger partial charge in [-0.2, -0.15) is 0 Å². The van der Waals surface area contributed by atoms with Crippen LogP contribution in [0.3, 0.4) is 0 Å². The van der Waals surface area contributed by atoms with Gasteiger partial charge in [0.1, 0.15) is 0 Å². The largest absolute Gasteiger partial charge is 0.370 e. The van der Waals surface area contributed by atoms with Crippen LogP contribution >= 0.6 is 0 Å². The number of nitrogens with zero attached hydrogens (tertiary/aromatic N) is 2. The highest BCUT2D eigenvalue weighted by molar-refractivity contribution is 5.80. The molecule has 0 radical (unpaired) electrons. The topological polar surface area (TPSA) is 41.6 Å². The summed E-state index contributed by atoms with van der Waals surface area (Å²) >= 11 is 0. The first-order chi connectivity index (χ1) is 8.66. The minimum absolute atomic E-state index is 0.494. The van der Waals surface area contributed by atoms with Crippen LogP contribution in [0.25, 0.3) is 0 Å². The number of rotatable bonds is 5. The molecular formula is C15H23N3. The summed E-state index contributed by atoms with van der Waals surface area (Å²) in [4.78, 5) is 6.66. The Morgan fingerprint density at radius 3 is 2.72 bits per heavy atom. The van der Waals surface area contributed by atoms with Gasteiger partial charge in [0.2, 0.25) is 0 Å². The molecule has 0 fully saturated rings. The summed E-state index contributed by atoms with van der Waals surface area (Å²) in [5.41, 5.74) is 7.35. The third-order valence-electron chi connectivity index (χ3n) is 3.43. The fraction of sp³-hybridized carbons (Fsp3) is 0.533. The van der Waals surface area contributed by atoms with Crippen molar-refractivity contribution >= 4 is 5.96 Å². The average molecular weight is 245 g/mol. The maximum Gasteiger partial charge on any atom is 0.191 e. The van der Waals surface area contributed by atoms with Gasteiger partial charge in [-0.05, 0) is 24.3 Å². The van der Waals surface area contributed by atoms with Crippen molar-refractivity contribution < 1.29 is 0 Å². The Balaban J connectivity index is 1.92. The predicted octanol–water partition coefficient (Wildman–Crippen LogP) is 2.27. The Hall–Kier alpha value is -1.51. The lowest BCUT2D eigenvalue weighted by Gasteiger charge is -2.27. The van der Waals surface area contributed by atoms with E-state index in [1.807, 2.05) is 0 Å². The predicted molar refractivity (Wildman–Crippen MR) is 76.6 cm³/mol. The van der Waals surface area contributed by atoms with Crippen molar-refractivity contribution in [1.82, 2.24) is 4.90 Å². The summed E-state index contributed by atoms with van der Waals surface area (Å²) in [6.07, 6.45) is 2.20. The first kappa shape index (κ1) is 12.9. The van der Waals surface area contributed by atoms with Gasteiger partial charge in [0.25, 0.3) is 0 Å². The Bertz CT molecular complexity index is 397. The number of hydrogen-bond acceptors (Lipinski definition) is 3. The van der Waals surface area contributed by atoms with Crippen LogP contribution < -0.4 is 5.73 Å². The highest BCUT2D eigenvalue weighted by Crippen LogP contribution is 2.17. The van der Waals surface area contributed by atoms with E-state index < -0.39 is 0 Å². The maximum absolute atomic E-state index is 5.99. The van der Waals surface area contributed by atoms with Gasteiger partial charge in [-0.1, -0.05) is 44.2 Å². The van der Waals surface area contributed by atoms with E-state index in [4.69, 9.17) is 5.73 Å². The van der Waals surface area contributed by atoms with E-state index in [2.05, 4.69) is 54.1 Å². The van der Waals surface area contributed by atoms with Crippen LogP contribution in [0.5, 0.6) is 0 Å². The summed E-state index contributed by atoms with van der Waals surface area (Å²) in [6.45, 7) is 6.34. The zero-order valence-corrected chi connectivity index (χ0v) is 11.3. The van der Waals surface area contributed by atoms with Crippen molar-refractivity contribution in [2.45, 2.75) is 32.7 Å². The number of aliphatic imine (C=N–C) groups is 1. The molecule has 0 amide bonds. The van der Waals surface area contributed by atoms with Crippen LogP contribution in [0, 0.1) is 5.92 Å². The molecule has 0 bridgehead atoms. The lowest BCUT2D eigenvalue weighted by Crippen LogP contribution is -2.42. The van der Waals surface area contributed by atoms with Crippen LogP contribution in [0.2, 0.25) is 0 Å². The molecular weight excluding hydrogens is 222 g/mol. The van der Waals surface area contributed by atoms with Crippen molar-refractivity contribution in [3.8, 4) is 0 Å². The highest BCUT2D eigenvalue weighted by atomic mass is 15.3. The van der Waals surface area contributed by atoms with Crippen molar-refractivity contribution in [3.05, 3.63) is 35.9 Å². The summed E-state index contributed by atoms with van der Waals surface area (Å²) in [5.74, 6) is 1.41. The van der Waals surface area contributed by atoms with Gasteiger partial charge in [0, 0.05) is 6.54 Å². The SMILES string of the molecule is CC(C)CC1CN=C(N)N1CCc1ccccc1. The lowest BCUT2D eigenvalue weighted by molar-refractivity contribution is 0.299. The van der Waals surface area contributed by atoms with Crippen LogP contribution in [0.15, 0.2) is 35.3 Å². The van der Waals surface area contributed by atoms with E-state index >= 15 is 0 Å². The van der Waals surface area contributed by atoms with Gasteiger partial charge in [0.05, 0.1) is 12.6 Å². The van der Waals surface area contributed by atoms with Crippen LogP contribution in [0.4, 0.5) is 0 Å². The molecule has 18 heavy (non-hydrogen) atoms. The van der Waals surface area contributed by atoms with E-state index in [0.29, 0.717) is 12.0 Å². The van der Waals surface area contributed by atoms with E-state index in [1.54, 1.807) is 0 Å². The zero-order chi connectivity index (χ0) is 13.0. The van der Waals surface area contributed by atoms with E-state index in [9.17, 15) is 0 Å². The standard InChI is InChI=1S/C15H23N3/c1-12(2)10-14-11-17-15(16)18(14)9-8-13-6-4-3-5-7-13/h3-7,12,14H,8-11H2,1-2H3,(H2,16,17). The van der Waals surface area contributed by atoms with E-state index in [-0.39, 0.29) is 0 Å². The highest BCUT2D eigenvalue weighted by Gasteiger charge is 2.25. The molecule has 1 aromatic carbocycles. The second-order valence-corrected chi connectivity index (χ2v) is 5.41. The molecule has 0 aliphatic carbocycles. The molecule has 98 valence electrons. The van der Waals surface area contributed by atoms with Crippen molar-refractivity contribution in [2.24, 2.45) is 16.6 Å². The van der Waals surface area contributed by atoms with Crippen molar-refractivity contribution in [2.75, 3.05) is 13.1 Å². The maximum atomic E-state index is 5.99. The van der Waals surface area contributed by atoms with Gasteiger partial charge in [-0.3, -0.25) is 4.99 Å². The number of guanidine groups is 1. The van der Waals surface area contributed by atoms with Gasteiger partial charge in [0.15, 0.2) is 5.96 Å². The molecule has 2 N–H and O–H groups in total. The Kier molecular flexibility index (Phi) is 4.24. The minimum atomic E-state index is 0.494. The normalized spacial score (nSPS) is 19.4. The smallest absolute Gasteiger partial charge is 0.191 e. The minimum Gasteiger partial charge on any atom is -0.370 e. The van der Waals surface area contributed by atoms with Gasteiger partial charge >= 0.3 is 0 Å². The average Bonchev–Trinajstić information content (AvgIpc) is 2.68. The molecule has 1 aliphatic heterocycles. The molecule has 1 heterocycles. The lowest BCUT2D eigenvalue weighted by atomic mass is 10.0. The number of nitrogens with two attached hydrogens (primary N) is 1. The Morgan fingerprint density at radius 2 is 2.06 bits per heavy atom. The monoisotopic (exact) mass is 245 g/mol.